The summed E-state index contributed by atoms with van der Waals surface area (Å²) in [5.41, 5.74) is 3.80. The second kappa shape index (κ2) is 7.34. The molecule has 2 heterocycles. The maximum Gasteiger partial charge on any atom is 0.226 e. The van der Waals surface area contributed by atoms with Gasteiger partial charge in [0.15, 0.2) is 0 Å². The van der Waals surface area contributed by atoms with Crippen LogP contribution in [0.1, 0.15) is 43.9 Å². The van der Waals surface area contributed by atoms with Crippen molar-refractivity contribution in [3.05, 3.63) is 58.8 Å². The molecule has 0 radical (unpaired) electrons. The lowest BCUT2D eigenvalue weighted by molar-refractivity contribution is -0.117. The molecule has 2 aromatic heterocycles. The van der Waals surface area contributed by atoms with Crippen LogP contribution < -0.4 is 5.32 Å². The van der Waals surface area contributed by atoms with E-state index >= 15 is 0 Å². The van der Waals surface area contributed by atoms with Crippen molar-refractivity contribution in [1.82, 2.24) is 9.55 Å². The smallest absolute Gasteiger partial charge is 0.226 e. The van der Waals surface area contributed by atoms with Gasteiger partial charge in [-0.15, -0.1) is 0 Å². The maximum atomic E-state index is 13.5. The highest BCUT2D eigenvalue weighted by Crippen LogP contribution is 2.26. The Kier molecular flexibility index (Phi) is 5.24. The zero-order chi connectivity index (χ0) is 20.6. The topological polar surface area (TPSA) is 46.9 Å². The Bertz CT molecular complexity index is 1030. The molecule has 1 amide bonds. The van der Waals surface area contributed by atoms with E-state index in [2.05, 4.69) is 10.3 Å². The summed E-state index contributed by atoms with van der Waals surface area (Å²) in [5, 5.41) is 2.90. The third kappa shape index (κ3) is 4.55. The average molecular weight is 385 g/mol. The number of anilines is 1. The van der Waals surface area contributed by atoms with Gasteiger partial charge in [0.1, 0.15) is 17.5 Å². The van der Waals surface area contributed by atoms with Gasteiger partial charge in [-0.2, -0.15) is 0 Å². The minimum absolute atomic E-state index is 0.0743. The normalized spacial score (nSPS) is 11.8. The van der Waals surface area contributed by atoms with Crippen molar-refractivity contribution in [2.75, 3.05) is 5.32 Å². The van der Waals surface area contributed by atoms with E-state index in [9.17, 15) is 13.6 Å². The highest BCUT2D eigenvalue weighted by atomic mass is 19.1. The van der Waals surface area contributed by atoms with Gasteiger partial charge < -0.3 is 9.88 Å². The molecule has 0 saturated carbocycles. The fourth-order valence-electron chi connectivity index (χ4n) is 3.29. The van der Waals surface area contributed by atoms with E-state index in [1.807, 2.05) is 51.4 Å². The maximum absolute atomic E-state index is 13.5. The molecule has 0 aliphatic heterocycles. The molecule has 28 heavy (non-hydrogen) atoms. The quantitative estimate of drug-likeness (QED) is 0.658. The second-order valence-corrected chi connectivity index (χ2v) is 8.52. The molecule has 0 aliphatic rings. The van der Waals surface area contributed by atoms with E-state index < -0.39 is 11.6 Å². The van der Waals surface area contributed by atoms with E-state index in [0.29, 0.717) is 24.3 Å². The summed E-state index contributed by atoms with van der Waals surface area (Å²) < 4.78 is 28.9. The number of hydrogen-bond acceptors (Lipinski definition) is 2. The lowest BCUT2D eigenvalue weighted by Gasteiger charge is -2.17. The highest BCUT2D eigenvalue weighted by molar-refractivity contribution is 5.93. The monoisotopic (exact) mass is 385 g/mol. The number of aromatic nitrogens is 2. The van der Waals surface area contributed by atoms with Gasteiger partial charge in [-0.25, -0.2) is 13.8 Å². The number of carbonyl (C=O) groups is 1. The molecule has 3 aromatic rings. The minimum atomic E-state index is -0.596. The Morgan fingerprint density at radius 1 is 1.07 bits per heavy atom. The standard InChI is InChI=1S/C22H25F2N3O/c1-13-6-18-20(26-21(13)25-19(28)10-22(3,4)5)14(2)11-27(18)12-15-7-16(23)9-17(24)8-15/h6-9,11H,10,12H2,1-5H3,(H,25,26,28). The number of halogens is 2. The predicted octanol–water partition coefficient (Wildman–Crippen LogP) is 5.35. The first-order chi connectivity index (χ1) is 13.0. The van der Waals surface area contributed by atoms with E-state index in [4.69, 9.17) is 0 Å². The van der Waals surface area contributed by atoms with Gasteiger partial charge in [-0.3, -0.25) is 4.79 Å². The Hall–Kier alpha value is -2.76. The lowest BCUT2D eigenvalue weighted by atomic mass is 9.92. The van der Waals surface area contributed by atoms with Crippen LogP contribution in [0.4, 0.5) is 14.6 Å². The SMILES string of the molecule is Cc1cc2c(nc1NC(=O)CC(C)(C)C)c(C)cn2Cc1cc(F)cc(F)c1. The highest BCUT2D eigenvalue weighted by Gasteiger charge is 2.18. The summed E-state index contributed by atoms with van der Waals surface area (Å²) in [6.07, 6.45) is 2.30. The van der Waals surface area contributed by atoms with Gasteiger partial charge in [0.2, 0.25) is 5.91 Å². The molecule has 1 N–H and O–H groups in total. The summed E-state index contributed by atoms with van der Waals surface area (Å²) in [6.45, 7) is 10.2. The average Bonchev–Trinajstić information content (AvgIpc) is 2.80. The number of hydrogen-bond donors (Lipinski definition) is 1. The summed E-state index contributed by atoms with van der Waals surface area (Å²) >= 11 is 0. The summed E-state index contributed by atoms with van der Waals surface area (Å²) in [5.74, 6) is -0.725. The molecule has 0 unspecified atom stereocenters. The number of nitrogens with one attached hydrogen (secondary N) is 1. The van der Waals surface area contributed by atoms with Gasteiger partial charge in [0.25, 0.3) is 0 Å². The largest absolute Gasteiger partial charge is 0.341 e. The molecular weight excluding hydrogens is 360 g/mol. The van der Waals surface area contributed by atoms with Gasteiger partial charge in [0.05, 0.1) is 11.0 Å². The predicted molar refractivity (Wildman–Crippen MR) is 107 cm³/mol. The van der Waals surface area contributed by atoms with Crippen LogP contribution in [0.15, 0.2) is 30.5 Å². The van der Waals surface area contributed by atoms with Crippen LogP contribution in [-0.2, 0) is 11.3 Å². The number of benzene rings is 1. The van der Waals surface area contributed by atoms with E-state index in [-0.39, 0.29) is 11.3 Å². The number of aryl methyl sites for hydroxylation is 2. The first-order valence-electron chi connectivity index (χ1n) is 9.24. The number of amides is 1. The molecule has 0 fully saturated rings. The van der Waals surface area contributed by atoms with Crippen LogP contribution in [0.3, 0.4) is 0 Å². The second-order valence-electron chi connectivity index (χ2n) is 8.52. The van der Waals surface area contributed by atoms with Crippen LogP contribution in [0.2, 0.25) is 0 Å². The molecule has 148 valence electrons. The van der Waals surface area contributed by atoms with Crippen molar-refractivity contribution in [3.63, 3.8) is 0 Å². The Labute approximate surface area is 163 Å². The molecule has 1 aromatic carbocycles. The molecule has 6 heteroatoms. The van der Waals surface area contributed by atoms with Crippen molar-refractivity contribution >= 4 is 22.8 Å². The molecular formula is C22H25F2N3O. The Morgan fingerprint density at radius 3 is 2.32 bits per heavy atom. The number of nitrogens with zero attached hydrogens (tertiary/aromatic N) is 2. The first kappa shape index (κ1) is 20.0. The van der Waals surface area contributed by atoms with Gasteiger partial charge >= 0.3 is 0 Å². The lowest BCUT2D eigenvalue weighted by Crippen LogP contribution is -2.20. The molecule has 0 saturated heterocycles. The summed E-state index contributed by atoms with van der Waals surface area (Å²) in [4.78, 5) is 16.9. The van der Waals surface area contributed by atoms with Gasteiger partial charge in [0, 0.05) is 25.2 Å². The molecule has 0 spiro atoms. The minimum Gasteiger partial charge on any atom is -0.341 e. The van der Waals surface area contributed by atoms with Crippen LogP contribution in [0, 0.1) is 30.9 Å². The van der Waals surface area contributed by atoms with Crippen LogP contribution in [-0.4, -0.2) is 15.5 Å². The van der Waals surface area contributed by atoms with Crippen LogP contribution in [0.5, 0.6) is 0 Å². The third-order valence-electron chi connectivity index (χ3n) is 4.45. The van der Waals surface area contributed by atoms with Gasteiger partial charge in [-0.1, -0.05) is 20.8 Å². The van der Waals surface area contributed by atoms with Crippen molar-refractivity contribution < 1.29 is 13.6 Å². The van der Waals surface area contributed by atoms with Crippen molar-refractivity contribution in [2.45, 2.75) is 47.6 Å². The van der Waals surface area contributed by atoms with Crippen molar-refractivity contribution in [1.29, 1.82) is 0 Å². The van der Waals surface area contributed by atoms with Gasteiger partial charge in [-0.05, 0) is 54.2 Å². The Morgan fingerprint density at radius 2 is 1.71 bits per heavy atom. The molecule has 3 rings (SSSR count). The molecule has 0 aliphatic carbocycles. The summed E-state index contributed by atoms with van der Waals surface area (Å²) in [7, 11) is 0. The van der Waals surface area contributed by atoms with E-state index in [0.717, 1.165) is 28.2 Å². The molecule has 0 atom stereocenters. The van der Waals surface area contributed by atoms with Crippen molar-refractivity contribution in [2.24, 2.45) is 5.41 Å². The zero-order valence-electron chi connectivity index (χ0n) is 16.9. The number of fused-ring (bicyclic) bond motifs is 1. The van der Waals surface area contributed by atoms with Crippen LogP contribution in [0.25, 0.3) is 11.0 Å². The fraction of sp³-hybridized carbons (Fsp3) is 0.364. The fourth-order valence-corrected chi connectivity index (χ4v) is 3.29. The summed E-state index contributed by atoms with van der Waals surface area (Å²) in [6, 6.07) is 5.45. The Balaban J connectivity index is 1.93. The zero-order valence-corrected chi connectivity index (χ0v) is 16.9. The molecule has 4 nitrogen and oxygen atoms in total. The van der Waals surface area contributed by atoms with Crippen LogP contribution >= 0.6 is 0 Å². The third-order valence-corrected chi connectivity index (χ3v) is 4.45. The molecule has 0 bridgehead atoms. The first-order valence-corrected chi connectivity index (χ1v) is 9.24. The van der Waals surface area contributed by atoms with Crippen molar-refractivity contribution in [3.8, 4) is 0 Å². The van der Waals surface area contributed by atoms with E-state index in [1.54, 1.807) is 0 Å². The number of pyridine rings is 1. The number of carbonyl (C=O) groups excluding carboxylic acids is 1. The van der Waals surface area contributed by atoms with E-state index in [1.165, 1.54) is 12.1 Å². The number of rotatable bonds is 4.